The second kappa shape index (κ2) is 9.00. The lowest BCUT2D eigenvalue weighted by Crippen LogP contribution is -2.25. The molecule has 0 aliphatic heterocycles. The minimum atomic E-state index is -0.476. The van der Waals surface area contributed by atoms with Gasteiger partial charge in [0.25, 0.3) is 0 Å². The number of nitrogens with zero attached hydrogens (tertiary/aromatic N) is 6. The number of methoxy groups -OCH3 is 1. The molecule has 0 aliphatic rings. The molecule has 0 saturated carbocycles. The van der Waals surface area contributed by atoms with Crippen molar-refractivity contribution in [1.82, 2.24) is 29.9 Å². The summed E-state index contributed by atoms with van der Waals surface area (Å²) in [6.45, 7) is 8.13. The van der Waals surface area contributed by atoms with Gasteiger partial charge in [-0.2, -0.15) is 10.2 Å². The topological polar surface area (TPSA) is 120 Å². The van der Waals surface area contributed by atoms with E-state index in [-0.39, 0.29) is 16.5 Å². The van der Waals surface area contributed by atoms with Crippen LogP contribution in [0.2, 0.25) is 5.02 Å². The number of ether oxygens (including phenoxy) is 1. The summed E-state index contributed by atoms with van der Waals surface area (Å²) in [4.78, 5) is 28.3. The van der Waals surface area contributed by atoms with Gasteiger partial charge in [-0.05, 0) is 18.4 Å². The lowest BCUT2D eigenvalue weighted by molar-refractivity contribution is 0.0166. The zero-order chi connectivity index (χ0) is 23.8. The quantitative estimate of drug-likeness (QED) is 0.407. The number of anilines is 2. The van der Waals surface area contributed by atoms with Crippen LogP contribution in [0.3, 0.4) is 0 Å². The molecule has 0 bridgehead atoms. The van der Waals surface area contributed by atoms with Crippen LogP contribution in [0.5, 0.6) is 0 Å². The molecule has 4 aromatic heterocycles. The van der Waals surface area contributed by atoms with Crippen molar-refractivity contribution in [3.63, 3.8) is 0 Å². The van der Waals surface area contributed by atoms with Crippen molar-refractivity contribution in [2.45, 2.75) is 33.8 Å². The van der Waals surface area contributed by atoms with E-state index in [2.05, 4.69) is 56.6 Å². The number of hydrogen-bond acceptors (Lipinski definition) is 8. The van der Waals surface area contributed by atoms with Crippen LogP contribution in [-0.2, 0) is 4.74 Å². The Morgan fingerprint density at radius 1 is 1.18 bits per heavy atom. The summed E-state index contributed by atoms with van der Waals surface area (Å²) in [5, 5.41) is 14.8. The highest BCUT2D eigenvalue weighted by Crippen LogP contribution is 2.42. The molecule has 1 atom stereocenters. The number of aryl methyl sites for hydroxylation is 1. The molecule has 0 fully saturated rings. The summed E-state index contributed by atoms with van der Waals surface area (Å²) in [5.41, 5.74) is 2.18. The number of nitrogens with one attached hydrogen (secondary N) is 2. The van der Waals surface area contributed by atoms with E-state index in [9.17, 15) is 4.79 Å². The van der Waals surface area contributed by atoms with Gasteiger partial charge in [0.1, 0.15) is 10.3 Å². The summed E-state index contributed by atoms with van der Waals surface area (Å²) in [7, 11) is 1.65. The molecule has 4 heterocycles. The van der Waals surface area contributed by atoms with Gasteiger partial charge in [0.2, 0.25) is 0 Å². The number of thiazole rings is 1. The van der Waals surface area contributed by atoms with Crippen LogP contribution < -0.4 is 10.6 Å². The molecule has 0 aliphatic carbocycles. The normalized spacial score (nSPS) is 12.7. The first-order chi connectivity index (χ1) is 15.7. The average Bonchev–Trinajstić information content (AvgIpc) is 3.38. The fourth-order valence-corrected chi connectivity index (χ4v) is 4.54. The summed E-state index contributed by atoms with van der Waals surface area (Å²) in [5.74, 6) is 0.358. The molecule has 172 valence electrons. The van der Waals surface area contributed by atoms with Crippen LogP contribution in [0.15, 0.2) is 30.9 Å². The van der Waals surface area contributed by atoms with E-state index in [0.717, 1.165) is 20.9 Å². The van der Waals surface area contributed by atoms with Crippen molar-refractivity contribution in [2.24, 2.45) is 5.41 Å². The first-order valence-electron chi connectivity index (χ1n) is 10.1. The fourth-order valence-electron chi connectivity index (χ4n) is 3.52. The molecule has 4 rings (SSSR count). The molecule has 33 heavy (non-hydrogen) atoms. The SMILES string of the molecule is COC(c1c(NC(=O)Nc2cnc(-n3nccn3)c(Cl)c2)cnc2sc(C)nc12)C(C)(C)C. The van der Waals surface area contributed by atoms with Gasteiger partial charge in [-0.3, -0.25) is 0 Å². The minimum Gasteiger partial charge on any atom is -0.376 e. The largest absolute Gasteiger partial charge is 0.376 e. The number of fused-ring (bicyclic) bond motifs is 1. The molecular weight excluding hydrogens is 464 g/mol. The maximum atomic E-state index is 12.9. The van der Waals surface area contributed by atoms with E-state index in [1.165, 1.54) is 34.7 Å². The van der Waals surface area contributed by atoms with Crippen LogP contribution >= 0.6 is 22.9 Å². The standard InChI is InChI=1S/C21H23ClN8O2S/c1-11-27-16-15(17(32-5)21(2,3)4)14(10-24-19(16)33-11)29-20(31)28-12-8-13(22)18(23-9-12)30-25-6-7-26-30/h6-10,17H,1-5H3,(H2,28,29,31). The number of aromatic nitrogens is 6. The van der Waals surface area contributed by atoms with Crippen molar-refractivity contribution in [3.8, 4) is 5.82 Å². The van der Waals surface area contributed by atoms with Crippen molar-refractivity contribution in [3.05, 3.63) is 46.4 Å². The molecule has 2 amide bonds. The molecule has 0 aromatic carbocycles. The minimum absolute atomic E-state index is 0.249. The third-order valence-electron chi connectivity index (χ3n) is 4.79. The van der Waals surface area contributed by atoms with E-state index in [1.807, 2.05) is 6.92 Å². The molecule has 10 nitrogen and oxygen atoms in total. The van der Waals surface area contributed by atoms with E-state index in [1.54, 1.807) is 19.4 Å². The number of halogens is 1. The highest BCUT2D eigenvalue weighted by molar-refractivity contribution is 7.18. The average molecular weight is 487 g/mol. The Bertz CT molecular complexity index is 1300. The van der Waals surface area contributed by atoms with Gasteiger partial charge < -0.3 is 15.4 Å². The highest BCUT2D eigenvalue weighted by Gasteiger charge is 2.32. The molecule has 0 radical (unpaired) electrons. The maximum Gasteiger partial charge on any atom is 0.323 e. The predicted octanol–water partition coefficient (Wildman–Crippen LogP) is 5.01. The van der Waals surface area contributed by atoms with E-state index in [4.69, 9.17) is 16.3 Å². The number of rotatable bonds is 5. The van der Waals surface area contributed by atoms with E-state index >= 15 is 0 Å². The van der Waals surface area contributed by atoms with Crippen LogP contribution in [0.25, 0.3) is 16.2 Å². The van der Waals surface area contributed by atoms with Gasteiger partial charge in [-0.15, -0.1) is 4.80 Å². The van der Waals surface area contributed by atoms with Crippen LogP contribution in [-0.4, -0.2) is 43.1 Å². The van der Waals surface area contributed by atoms with Gasteiger partial charge in [0.05, 0.1) is 52.3 Å². The van der Waals surface area contributed by atoms with Gasteiger partial charge in [-0.1, -0.05) is 43.7 Å². The number of pyridine rings is 2. The Balaban J connectivity index is 1.63. The van der Waals surface area contributed by atoms with E-state index < -0.39 is 6.03 Å². The van der Waals surface area contributed by atoms with Gasteiger partial charge in [-0.25, -0.2) is 19.7 Å². The smallest absolute Gasteiger partial charge is 0.323 e. The number of carbonyl (C=O) groups excluding carboxylic acids is 1. The van der Waals surface area contributed by atoms with Crippen LogP contribution in [0.4, 0.5) is 16.2 Å². The monoisotopic (exact) mass is 486 g/mol. The third-order valence-corrected chi connectivity index (χ3v) is 5.95. The number of amides is 2. The summed E-state index contributed by atoms with van der Waals surface area (Å²) >= 11 is 7.79. The number of carbonyl (C=O) groups is 1. The first-order valence-corrected chi connectivity index (χ1v) is 11.3. The number of hydrogen-bond donors (Lipinski definition) is 2. The molecule has 12 heteroatoms. The molecular formula is C21H23ClN8O2S. The molecule has 0 spiro atoms. The Morgan fingerprint density at radius 3 is 2.55 bits per heavy atom. The zero-order valence-corrected chi connectivity index (χ0v) is 20.3. The lowest BCUT2D eigenvalue weighted by Gasteiger charge is -2.31. The Labute approximate surface area is 199 Å². The highest BCUT2D eigenvalue weighted by atomic mass is 35.5. The fraction of sp³-hybridized carbons (Fsp3) is 0.333. The Morgan fingerprint density at radius 2 is 1.91 bits per heavy atom. The van der Waals surface area contributed by atoms with Crippen LogP contribution in [0, 0.1) is 12.3 Å². The maximum absolute atomic E-state index is 12.9. The Hall–Kier alpha value is -3.15. The second-order valence-corrected chi connectivity index (χ2v) is 9.97. The summed E-state index contributed by atoms with van der Waals surface area (Å²) < 4.78 is 5.85. The lowest BCUT2D eigenvalue weighted by atomic mass is 9.84. The molecule has 1 unspecified atom stereocenters. The predicted molar refractivity (Wildman–Crippen MR) is 128 cm³/mol. The first kappa shape index (κ1) is 23.0. The van der Waals surface area contributed by atoms with Crippen LogP contribution in [0.1, 0.15) is 37.4 Å². The Kier molecular flexibility index (Phi) is 6.28. The summed E-state index contributed by atoms with van der Waals surface area (Å²) in [6.07, 6.45) is 5.83. The van der Waals surface area contributed by atoms with Crippen molar-refractivity contribution in [2.75, 3.05) is 17.7 Å². The zero-order valence-electron chi connectivity index (χ0n) is 18.8. The molecule has 0 saturated heterocycles. The molecule has 4 aromatic rings. The second-order valence-electron chi connectivity index (χ2n) is 8.38. The summed E-state index contributed by atoms with van der Waals surface area (Å²) in [6, 6.07) is 1.10. The van der Waals surface area contributed by atoms with Gasteiger partial charge in [0.15, 0.2) is 5.82 Å². The third kappa shape index (κ3) is 4.80. The van der Waals surface area contributed by atoms with Crippen molar-refractivity contribution in [1.29, 1.82) is 0 Å². The number of urea groups is 1. The van der Waals surface area contributed by atoms with E-state index in [0.29, 0.717) is 17.2 Å². The van der Waals surface area contributed by atoms with Gasteiger partial charge >= 0.3 is 6.03 Å². The van der Waals surface area contributed by atoms with Crippen molar-refractivity contribution < 1.29 is 9.53 Å². The molecule has 2 N–H and O–H groups in total. The van der Waals surface area contributed by atoms with Gasteiger partial charge in [0, 0.05) is 12.7 Å². The van der Waals surface area contributed by atoms with Crippen molar-refractivity contribution >= 4 is 50.7 Å².